The van der Waals surface area contributed by atoms with Crippen LogP contribution in [0, 0.1) is 5.82 Å². The predicted molar refractivity (Wildman–Crippen MR) is 98.7 cm³/mol. The number of ether oxygens (including phenoxy) is 2. The molecule has 2 heterocycles. The first kappa shape index (κ1) is 19.1. The first-order valence-corrected chi connectivity index (χ1v) is 8.51. The molecule has 0 saturated heterocycles. The highest BCUT2D eigenvalue weighted by Gasteiger charge is 2.24. The second kappa shape index (κ2) is 8.33. The summed E-state index contributed by atoms with van der Waals surface area (Å²) in [6.45, 7) is 0. The van der Waals surface area contributed by atoms with Crippen molar-refractivity contribution in [2.45, 2.75) is 6.10 Å². The maximum atomic E-state index is 14.5. The van der Waals surface area contributed by atoms with Crippen molar-refractivity contribution >= 4 is 29.2 Å². The van der Waals surface area contributed by atoms with Crippen LogP contribution in [0.1, 0.15) is 27.8 Å². The molecule has 27 heavy (non-hydrogen) atoms. The van der Waals surface area contributed by atoms with Crippen LogP contribution >= 0.6 is 23.2 Å². The maximum Gasteiger partial charge on any atom is 0.337 e. The Morgan fingerprint density at radius 2 is 1.96 bits per heavy atom. The lowest BCUT2D eigenvalue weighted by Crippen LogP contribution is -2.14. The molecule has 0 fully saturated rings. The number of hydrogen-bond acceptors (Lipinski definition) is 5. The van der Waals surface area contributed by atoms with Gasteiger partial charge in [0, 0.05) is 12.4 Å². The third kappa shape index (κ3) is 4.35. The van der Waals surface area contributed by atoms with Crippen LogP contribution in [-0.4, -0.2) is 23.0 Å². The molecule has 0 aliphatic carbocycles. The standard InChI is InChI=1S/C19H13Cl2FN2O3/c1-26-19(25)11-4-7-16(14(22)9-11)27-18(15-6-5-12(20)10-24-15)17-13(21)3-2-8-23-17/h2-10,18H,1H3. The first-order chi connectivity index (χ1) is 13.0. The molecule has 0 radical (unpaired) electrons. The van der Waals surface area contributed by atoms with E-state index in [4.69, 9.17) is 27.9 Å². The Labute approximate surface area is 164 Å². The van der Waals surface area contributed by atoms with Crippen LogP contribution in [0.3, 0.4) is 0 Å². The van der Waals surface area contributed by atoms with Crippen LogP contribution < -0.4 is 4.74 Å². The number of pyridine rings is 2. The Morgan fingerprint density at radius 1 is 1.15 bits per heavy atom. The number of esters is 1. The number of rotatable bonds is 5. The molecule has 0 aliphatic heterocycles. The minimum atomic E-state index is -0.880. The van der Waals surface area contributed by atoms with E-state index in [1.807, 2.05) is 0 Å². The summed E-state index contributed by atoms with van der Waals surface area (Å²) in [6.07, 6.45) is 2.11. The monoisotopic (exact) mass is 406 g/mol. The van der Waals surface area contributed by atoms with Crippen LogP contribution in [0.25, 0.3) is 0 Å². The van der Waals surface area contributed by atoms with Crippen molar-refractivity contribution < 1.29 is 18.7 Å². The van der Waals surface area contributed by atoms with Crippen LogP contribution in [0.5, 0.6) is 5.75 Å². The van der Waals surface area contributed by atoms with E-state index < -0.39 is 17.9 Å². The number of halogens is 3. The molecular weight excluding hydrogens is 394 g/mol. The van der Waals surface area contributed by atoms with Crippen molar-refractivity contribution in [3.8, 4) is 5.75 Å². The maximum absolute atomic E-state index is 14.5. The van der Waals surface area contributed by atoms with Gasteiger partial charge in [0.05, 0.1) is 28.4 Å². The van der Waals surface area contributed by atoms with Gasteiger partial charge in [0.1, 0.15) is 5.69 Å². The van der Waals surface area contributed by atoms with Gasteiger partial charge in [-0.2, -0.15) is 0 Å². The molecule has 0 spiro atoms. The molecule has 1 aromatic carbocycles. The van der Waals surface area contributed by atoms with Gasteiger partial charge in [-0.1, -0.05) is 23.2 Å². The van der Waals surface area contributed by atoms with Crippen molar-refractivity contribution in [1.82, 2.24) is 9.97 Å². The van der Waals surface area contributed by atoms with Gasteiger partial charge in [-0.3, -0.25) is 9.97 Å². The molecule has 0 saturated carbocycles. The summed E-state index contributed by atoms with van der Waals surface area (Å²) < 4.78 is 24.9. The molecule has 2 aromatic heterocycles. The van der Waals surface area contributed by atoms with Gasteiger partial charge >= 0.3 is 5.97 Å². The summed E-state index contributed by atoms with van der Waals surface area (Å²) >= 11 is 12.1. The summed E-state index contributed by atoms with van der Waals surface area (Å²) in [4.78, 5) is 20.0. The van der Waals surface area contributed by atoms with Crippen molar-refractivity contribution in [2.75, 3.05) is 7.11 Å². The molecule has 0 aliphatic rings. The Kier molecular flexibility index (Phi) is 5.88. The van der Waals surface area contributed by atoms with E-state index >= 15 is 0 Å². The van der Waals surface area contributed by atoms with Gasteiger partial charge in [0.2, 0.25) is 0 Å². The fraction of sp³-hybridized carbons (Fsp3) is 0.105. The smallest absolute Gasteiger partial charge is 0.337 e. The molecule has 3 aromatic rings. The first-order valence-electron chi connectivity index (χ1n) is 7.76. The molecule has 8 heteroatoms. The number of benzene rings is 1. The second-order valence-corrected chi connectivity index (χ2v) is 6.25. The highest BCUT2D eigenvalue weighted by atomic mass is 35.5. The Balaban J connectivity index is 2.01. The van der Waals surface area contributed by atoms with E-state index in [-0.39, 0.29) is 11.3 Å². The van der Waals surface area contributed by atoms with E-state index in [0.29, 0.717) is 21.4 Å². The SMILES string of the molecule is COC(=O)c1ccc(OC(c2ccc(Cl)cn2)c2ncccc2Cl)c(F)c1. The number of methoxy groups -OCH3 is 1. The lowest BCUT2D eigenvalue weighted by Gasteiger charge is -2.20. The summed E-state index contributed by atoms with van der Waals surface area (Å²) in [5.74, 6) is -1.47. The summed E-state index contributed by atoms with van der Waals surface area (Å²) in [7, 11) is 1.22. The second-order valence-electron chi connectivity index (χ2n) is 5.41. The van der Waals surface area contributed by atoms with Crippen LogP contribution in [0.15, 0.2) is 54.9 Å². The largest absolute Gasteiger partial charge is 0.475 e. The van der Waals surface area contributed by atoms with Crippen molar-refractivity contribution in [3.05, 3.63) is 87.7 Å². The zero-order valence-corrected chi connectivity index (χ0v) is 15.5. The molecule has 138 valence electrons. The molecule has 1 unspecified atom stereocenters. The molecule has 3 rings (SSSR count). The molecule has 0 bridgehead atoms. The van der Waals surface area contributed by atoms with E-state index in [1.54, 1.807) is 30.5 Å². The van der Waals surface area contributed by atoms with Crippen molar-refractivity contribution in [1.29, 1.82) is 0 Å². The Bertz CT molecular complexity index is 967. The minimum Gasteiger partial charge on any atom is -0.475 e. The average molecular weight is 407 g/mol. The van der Waals surface area contributed by atoms with Gasteiger partial charge in [0.15, 0.2) is 17.7 Å². The fourth-order valence-corrected chi connectivity index (χ4v) is 2.69. The van der Waals surface area contributed by atoms with Crippen LogP contribution in [-0.2, 0) is 4.74 Å². The van der Waals surface area contributed by atoms with Crippen molar-refractivity contribution in [2.24, 2.45) is 0 Å². The molecule has 1 atom stereocenters. The number of carbonyl (C=O) groups excluding carboxylic acids is 1. The lowest BCUT2D eigenvalue weighted by atomic mass is 10.1. The van der Waals surface area contributed by atoms with Crippen LogP contribution in [0.4, 0.5) is 4.39 Å². The highest BCUT2D eigenvalue weighted by Crippen LogP contribution is 2.32. The number of aromatic nitrogens is 2. The zero-order valence-electron chi connectivity index (χ0n) is 14.0. The average Bonchev–Trinajstić information content (AvgIpc) is 2.68. The number of carbonyl (C=O) groups is 1. The van der Waals surface area contributed by atoms with E-state index in [9.17, 15) is 9.18 Å². The molecule has 0 amide bonds. The van der Waals surface area contributed by atoms with Gasteiger partial charge in [-0.25, -0.2) is 9.18 Å². The summed E-state index contributed by atoms with van der Waals surface area (Å²) in [5.41, 5.74) is 0.876. The Hall–Kier alpha value is -2.70. The topological polar surface area (TPSA) is 61.3 Å². The quantitative estimate of drug-likeness (QED) is 0.565. The molecular formula is C19H13Cl2FN2O3. The van der Waals surface area contributed by atoms with Gasteiger partial charge < -0.3 is 9.47 Å². The number of nitrogens with zero attached hydrogens (tertiary/aromatic N) is 2. The number of hydrogen-bond donors (Lipinski definition) is 0. The third-order valence-electron chi connectivity index (χ3n) is 3.65. The van der Waals surface area contributed by atoms with E-state index in [2.05, 4.69) is 14.7 Å². The van der Waals surface area contributed by atoms with E-state index in [0.717, 1.165) is 6.07 Å². The summed E-state index contributed by atoms with van der Waals surface area (Å²) in [6, 6.07) is 10.4. The zero-order chi connectivity index (χ0) is 19.4. The van der Waals surface area contributed by atoms with Gasteiger partial charge in [-0.15, -0.1) is 0 Å². The highest BCUT2D eigenvalue weighted by molar-refractivity contribution is 6.31. The molecule has 5 nitrogen and oxygen atoms in total. The van der Waals surface area contributed by atoms with Crippen LogP contribution in [0.2, 0.25) is 10.0 Å². The summed E-state index contributed by atoms with van der Waals surface area (Å²) in [5, 5.41) is 0.782. The fourth-order valence-electron chi connectivity index (χ4n) is 2.36. The minimum absolute atomic E-state index is 0.0689. The lowest BCUT2D eigenvalue weighted by molar-refractivity contribution is 0.0600. The van der Waals surface area contributed by atoms with E-state index in [1.165, 1.54) is 25.4 Å². The predicted octanol–water partition coefficient (Wildman–Crippen LogP) is 4.88. The third-order valence-corrected chi connectivity index (χ3v) is 4.20. The Morgan fingerprint density at radius 3 is 2.59 bits per heavy atom. The normalized spacial score (nSPS) is 11.7. The van der Waals surface area contributed by atoms with Gasteiger partial charge in [-0.05, 0) is 42.5 Å². The van der Waals surface area contributed by atoms with Gasteiger partial charge in [0.25, 0.3) is 0 Å². The molecule has 0 N–H and O–H groups in total. The van der Waals surface area contributed by atoms with Crippen molar-refractivity contribution in [3.63, 3.8) is 0 Å².